The Bertz CT molecular complexity index is 1920. The maximum atomic E-state index is 7.55. The normalized spacial score (nSPS) is 12.3. The van der Waals surface area contributed by atoms with E-state index in [9.17, 15) is 0 Å². The standard InChI is InChI=1S/C19H11N2OS.C12H10N.Ir/c1-11-5-6-13-12-3-2-4-15(18(12)22-19(13)21-11)17-14-8-10-23-16(14)7-9-20-17;1-10-7-8-12(13-9-10)11-5-3-2-4-6-11;/h2-3,5-10H,1H3;2-5,7-9H,1H3;/q2*-1;/i1D3;;. The van der Waals surface area contributed by atoms with Gasteiger partial charge < -0.3 is 14.4 Å². The summed E-state index contributed by atoms with van der Waals surface area (Å²) in [5.74, 6) is 0. The predicted octanol–water partition coefficient (Wildman–Crippen LogP) is 8.22. The van der Waals surface area contributed by atoms with Crippen molar-refractivity contribution in [1.29, 1.82) is 0 Å². The van der Waals surface area contributed by atoms with Crippen molar-refractivity contribution in [3.63, 3.8) is 0 Å². The summed E-state index contributed by atoms with van der Waals surface area (Å²) in [6.45, 7) is -0.239. The summed E-state index contributed by atoms with van der Waals surface area (Å²) in [6, 6.07) is 29.3. The van der Waals surface area contributed by atoms with Crippen LogP contribution in [0.3, 0.4) is 0 Å². The van der Waals surface area contributed by atoms with Gasteiger partial charge in [0.1, 0.15) is 0 Å². The number of fused-ring (bicyclic) bond motifs is 4. The summed E-state index contributed by atoms with van der Waals surface area (Å²) in [7, 11) is 0. The number of benzene rings is 2. The van der Waals surface area contributed by atoms with Crippen LogP contribution in [0.1, 0.15) is 15.4 Å². The van der Waals surface area contributed by atoms with Gasteiger partial charge in [0, 0.05) is 58.1 Å². The molecular formula is C31H21IrN3OS-2. The predicted molar refractivity (Wildman–Crippen MR) is 147 cm³/mol. The second kappa shape index (κ2) is 10.7. The van der Waals surface area contributed by atoms with E-state index >= 15 is 0 Å². The monoisotopic (exact) mass is 679 g/mol. The van der Waals surface area contributed by atoms with Crippen molar-refractivity contribution < 1.29 is 28.6 Å². The zero-order valence-electron chi connectivity index (χ0n) is 22.7. The number of hydrogen-bond donors (Lipinski definition) is 0. The van der Waals surface area contributed by atoms with Gasteiger partial charge >= 0.3 is 0 Å². The van der Waals surface area contributed by atoms with Gasteiger partial charge in [0.2, 0.25) is 5.71 Å². The Kier molecular flexibility index (Phi) is 6.20. The topological polar surface area (TPSA) is 51.8 Å². The zero-order chi connectivity index (χ0) is 27.0. The van der Waals surface area contributed by atoms with Gasteiger partial charge in [-0.15, -0.1) is 65.4 Å². The molecule has 0 atom stereocenters. The first-order valence-corrected chi connectivity index (χ1v) is 12.2. The van der Waals surface area contributed by atoms with Crippen molar-refractivity contribution in [2.24, 2.45) is 0 Å². The van der Waals surface area contributed by atoms with Crippen LogP contribution in [-0.4, -0.2) is 15.0 Å². The van der Waals surface area contributed by atoms with Crippen molar-refractivity contribution in [2.45, 2.75) is 13.8 Å². The summed E-state index contributed by atoms with van der Waals surface area (Å²) in [6.07, 6.45) is 3.64. The fourth-order valence-electron chi connectivity index (χ4n) is 4.07. The number of aromatic nitrogens is 3. The molecule has 0 aliphatic carbocycles. The van der Waals surface area contributed by atoms with Crippen molar-refractivity contribution in [2.75, 3.05) is 0 Å². The van der Waals surface area contributed by atoms with E-state index in [0.717, 1.165) is 43.4 Å². The Hall–Kier alpha value is -3.70. The maximum Gasteiger partial charge on any atom is 0.216 e. The molecule has 7 rings (SSSR count). The van der Waals surface area contributed by atoms with Gasteiger partial charge in [-0.2, -0.15) is 0 Å². The van der Waals surface area contributed by atoms with Gasteiger partial charge in [0.05, 0.1) is 5.58 Å². The second-order valence-electron chi connectivity index (χ2n) is 8.24. The summed E-state index contributed by atoms with van der Waals surface area (Å²) >= 11 is 1.65. The van der Waals surface area contributed by atoms with E-state index < -0.39 is 6.85 Å². The number of furan rings is 1. The molecule has 183 valence electrons. The number of nitrogens with zero attached hydrogens (tertiary/aromatic N) is 3. The van der Waals surface area contributed by atoms with Crippen LogP contribution in [0.5, 0.6) is 0 Å². The van der Waals surface area contributed by atoms with Crippen LogP contribution in [0, 0.1) is 25.9 Å². The number of thiophene rings is 1. The van der Waals surface area contributed by atoms with Crippen molar-refractivity contribution in [3.8, 4) is 22.5 Å². The average Bonchev–Trinajstić information content (AvgIpc) is 3.58. The molecule has 0 saturated heterocycles. The molecular weight excluding hydrogens is 655 g/mol. The van der Waals surface area contributed by atoms with E-state index in [1.807, 2.05) is 73.1 Å². The van der Waals surface area contributed by atoms with E-state index in [1.165, 1.54) is 11.6 Å². The number of pyridine rings is 3. The molecule has 7 aromatic rings. The number of aryl methyl sites for hydroxylation is 2. The van der Waals surface area contributed by atoms with Crippen molar-refractivity contribution >= 4 is 43.5 Å². The van der Waals surface area contributed by atoms with E-state index in [-0.39, 0.29) is 25.8 Å². The first-order chi connectivity index (χ1) is 18.9. The zero-order valence-corrected chi connectivity index (χ0v) is 22.9. The SMILES string of the molecule is Cc1ccc(-c2[c-]cccc2)nc1.[2H]C([2H])([2H])c1ccc2c(n1)oc1c(-c3nccc4sccc34)[c-]ccc12.[Ir]. The summed E-state index contributed by atoms with van der Waals surface area (Å²) in [5.41, 5.74) is 5.70. The van der Waals surface area contributed by atoms with Crippen molar-refractivity contribution in [1.82, 2.24) is 15.0 Å². The molecule has 0 bridgehead atoms. The summed E-state index contributed by atoms with van der Waals surface area (Å²) < 4.78 is 29.7. The molecule has 37 heavy (non-hydrogen) atoms. The smallest absolute Gasteiger partial charge is 0.216 e. The molecule has 0 spiro atoms. The molecule has 5 heterocycles. The molecule has 0 unspecified atom stereocenters. The minimum absolute atomic E-state index is 0. The molecule has 1 radical (unpaired) electrons. The Morgan fingerprint density at radius 2 is 1.84 bits per heavy atom. The molecule has 0 aliphatic rings. The van der Waals surface area contributed by atoms with Gasteiger partial charge in [-0.25, -0.2) is 4.98 Å². The van der Waals surface area contributed by atoms with Gasteiger partial charge in [0.15, 0.2) is 0 Å². The first kappa shape index (κ1) is 21.4. The third-order valence-corrected chi connectivity index (χ3v) is 6.69. The maximum absolute atomic E-state index is 7.55. The molecule has 0 amide bonds. The Morgan fingerprint density at radius 1 is 0.892 bits per heavy atom. The van der Waals surface area contributed by atoms with E-state index in [4.69, 9.17) is 8.53 Å². The number of hydrogen-bond acceptors (Lipinski definition) is 5. The van der Waals surface area contributed by atoms with Gasteiger partial charge in [-0.05, 0) is 54.0 Å². The molecule has 0 N–H and O–H groups in total. The van der Waals surface area contributed by atoms with E-state index in [1.54, 1.807) is 23.6 Å². The Labute approximate surface area is 236 Å². The van der Waals surface area contributed by atoms with Crippen LogP contribution in [0.15, 0.2) is 95.0 Å². The fraction of sp³-hybridized carbons (Fsp3) is 0.0645. The summed E-state index contributed by atoms with van der Waals surface area (Å²) in [4.78, 5) is 13.1. The molecule has 4 nitrogen and oxygen atoms in total. The van der Waals surface area contributed by atoms with Gasteiger partial charge in [0.25, 0.3) is 0 Å². The number of rotatable bonds is 2. The minimum atomic E-state index is -2.27. The molecule has 0 fully saturated rings. The first-order valence-electron chi connectivity index (χ1n) is 12.9. The van der Waals surface area contributed by atoms with Crippen LogP contribution in [0.4, 0.5) is 0 Å². The van der Waals surface area contributed by atoms with Gasteiger partial charge in [-0.3, -0.25) is 0 Å². The molecule has 0 saturated carbocycles. The molecule has 2 aromatic carbocycles. The van der Waals surface area contributed by atoms with Gasteiger partial charge in [-0.1, -0.05) is 29.1 Å². The fourth-order valence-corrected chi connectivity index (χ4v) is 4.85. The molecule has 6 heteroatoms. The third kappa shape index (κ3) is 4.96. The minimum Gasteiger partial charge on any atom is -0.486 e. The van der Waals surface area contributed by atoms with Crippen LogP contribution >= 0.6 is 11.3 Å². The quantitative estimate of drug-likeness (QED) is 0.173. The van der Waals surface area contributed by atoms with Crippen LogP contribution in [0.25, 0.3) is 54.7 Å². The van der Waals surface area contributed by atoms with Crippen LogP contribution in [-0.2, 0) is 20.1 Å². The second-order valence-corrected chi connectivity index (χ2v) is 9.18. The molecule has 0 aliphatic heterocycles. The van der Waals surface area contributed by atoms with E-state index in [2.05, 4.69) is 33.2 Å². The average molecular weight is 679 g/mol. The Balaban J connectivity index is 0.000000195. The van der Waals surface area contributed by atoms with E-state index in [0.29, 0.717) is 11.3 Å². The van der Waals surface area contributed by atoms with Crippen LogP contribution < -0.4 is 0 Å². The third-order valence-electron chi connectivity index (χ3n) is 5.81. The van der Waals surface area contributed by atoms with Crippen LogP contribution in [0.2, 0.25) is 0 Å². The van der Waals surface area contributed by atoms with Crippen molar-refractivity contribution in [3.05, 3.63) is 114 Å². The largest absolute Gasteiger partial charge is 0.486 e. The Morgan fingerprint density at radius 3 is 2.65 bits per heavy atom. The summed E-state index contributed by atoms with van der Waals surface area (Å²) in [5, 5.41) is 4.71. The molecule has 5 aromatic heterocycles.